The number of quaternary nitrogens is 1. The molecular formula is C11H26BrN. The summed E-state index contributed by atoms with van der Waals surface area (Å²) in [6.07, 6.45) is 1.32. The zero-order valence-electron chi connectivity index (χ0n) is 9.77. The Morgan fingerprint density at radius 1 is 0.846 bits per heavy atom. The van der Waals surface area contributed by atoms with Crippen molar-refractivity contribution >= 4 is 0 Å². The fraction of sp³-hybridized carbons (Fsp3) is 0.818. The van der Waals surface area contributed by atoms with Gasteiger partial charge in [0.25, 0.3) is 0 Å². The fourth-order valence-corrected chi connectivity index (χ4v) is 1.62. The van der Waals surface area contributed by atoms with Crippen LogP contribution in [0.2, 0.25) is 0 Å². The van der Waals surface area contributed by atoms with Gasteiger partial charge in [0.15, 0.2) is 0 Å². The standard InChI is InChI=1S/C9H22N.C2H4.BrH/c1-5-9-10(6-2,7-3)8-4;1-2;/h5-9H2,1-4H3;1-2H2;1H/q+1;;/p-1. The van der Waals surface area contributed by atoms with E-state index < -0.39 is 0 Å². The molecule has 1 nitrogen and oxygen atoms in total. The van der Waals surface area contributed by atoms with Crippen LogP contribution in [0.5, 0.6) is 0 Å². The van der Waals surface area contributed by atoms with Crippen molar-refractivity contribution in [1.82, 2.24) is 0 Å². The second-order valence-corrected chi connectivity index (χ2v) is 3.01. The van der Waals surface area contributed by atoms with Gasteiger partial charge in [-0.05, 0) is 27.2 Å². The first-order valence-electron chi connectivity index (χ1n) is 5.09. The summed E-state index contributed by atoms with van der Waals surface area (Å²) in [5.41, 5.74) is 0. The average Bonchev–Trinajstić information content (AvgIpc) is 2.18. The molecule has 0 fully saturated rings. The Bertz CT molecular complexity index is 81.8. The average molecular weight is 252 g/mol. The molecule has 0 aliphatic carbocycles. The first kappa shape index (κ1) is 18.9. The topological polar surface area (TPSA) is 0 Å². The minimum Gasteiger partial charge on any atom is -1.00 e. The quantitative estimate of drug-likeness (QED) is 0.480. The van der Waals surface area contributed by atoms with Gasteiger partial charge in [-0.2, -0.15) is 0 Å². The lowest BCUT2D eigenvalue weighted by Gasteiger charge is -2.35. The second-order valence-electron chi connectivity index (χ2n) is 3.01. The van der Waals surface area contributed by atoms with E-state index in [1.54, 1.807) is 0 Å². The lowest BCUT2D eigenvalue weighted by Crippen LogP contribution is -3.00. The highest BCUT2D eigenvalue weighted by Gasteiger charge is 2.17. The number of nitrogens with zero attached hydrogens (tertiary/aromatic N) is 1. The molecule has 0 bridgehead atoms. The Hall–Kier alpha value is 0.180. The minimum absolute atomic E-state index is 0. The number of hydrogen-bond acceptors (Lipinski definition) is 0. The smallest absolute Gasteiger partial charge is 0.0783 e. The van der Waals surface area contributed by atoms with E-state index in [0.29, 0.717) is 0 Å². The molecule has 0 aliphatic rings. The molecule has 0 heterocycles. The first-order valence-corrected chi connectivity index (χ1v) is 5.09. The summed E-state index contributed by atoms with van der Waals surface area (Å²) in [5, 5.41) is 0. The molecule has 0 atom stereocenters. The molecule has 0 saturated heterocycles. The van der Waals surface area contributed by atoms with Gasteiger partial charge in [0.1, 0.15) is 0 Å². The van der Waals surface area contributed by atoms with Crippen molar-refractivity contribution in [3.63, 3.8) is 0 Å². The van der Waals surface area contributed by atoms with Crippen LogP contribution in [0.15, 0.2) is 13.2 Å². The summed E-state index contributed by atoms with van der Waals surface area (Å²) >= 11 is 0. The molecule has 0 radical (unpaired) electrons. The maximum Gasteiger partial charge on any atom is 0.0783 e. The zero-order chi connectivity index (χ0) is 10.0. The predicted molar refractivity (Wildman–Crippen MR) is 58.3 cm³/mol. The lowest BCUT2D eigenvalue weighted by molar-refractivity contribution is -0.923. The van der Waals surface area contributed by atoms with Gasteiger partial charge >= 0.3 is 0 Å². The van der Waals surface area contributed by atoms with Gasteiger partial charge in [0.05, 0.1) is 26.2 Å². The summed E-state index contributed by atoms with van der Waals surface area (Å²) in [6.45, 7) is 20.4. The van der Waals surface area contributed by atoms with Gasteiger partial charge in [-0.15, -0.1) is 13.2 Å². The van der Waals surface area contributed by atoms with Crippen LogP contribution >= 0.6 is 0 Å². The minimum atomic E-state index is 0. The molecule has 0 saturated carbocycles. The molecule has 0 N–H and O–H groups in total. The Labute approximate surface area is 95.2 Å². The summed E-state index contributed by atoms with van der Waals surface area (Å²) in [4.78, 5) is 0. The van der Waals surface area contributed by atoms with E-state index in [4.69, 9.17) is 0 Å². The molecule has 2 heteroatoms. The maximum absolute atomic E-state index is 3.00. The molecule has 0 spiro atoms. The highest BCUT2D eigenvalue weighted by Crippen LogP contribution is 2.06. The third-order valence-corrected chi connectivity index (χ3v) is 2.71. The normalized spacial score (nSPS) is 9.54. The molecule has 0 rings (SSSR count). The summed E-state index contributed by atoms with van der Waals surface area (Å²) in [5.74, 6) is 0. The van der Waals surface area contributed by atoms with Crippen LogP contribution < -0.4 is 17.0 Å². The van der Waals surface area contributed by atoms with Crippen LogP contribution in [0.25, 0.3) is 0 Å². The molecule has 0 aromatic carbocycles. The van der Waals surface area contributed by atoms with Crippen molar-refractivity contribution in [3.05, 3.63) is 13.2 Å². The van der Waals surface area contributed by atoms with Gasteiger partial charge in [-0.3, -0.25) is 0 Å². The van der Waals surface area contributed by atoms with Gasteiger partial charge < -0.3 is 21.5 Å². The summed E-state index contributed by atoms with van der Waals surface area (Å²) in [6, 6.07) is 0. The van der Waals surface area contributed by atoms with Crippen LogP contribution in [-0.2, 0) is 0 Å². The maximum atomic E-state index is 3.00. The predicted octanol–water partition coefficient (Wildman–Crippen LogP) is 0.0791. The van der Waals surface area contributed by atoms with Gasteiger partial charge in [0, 0.05) is 0 Å². The van der Waals surface area contributed by atoms with Crippen LogP contribution in [0, 0.1) is 0 Å². The van der Waals surface area contributed by atoms with Gasteiger partial charge in [0.2, 0.25) is 0 Å². The van der Waals surface area contributed by atoms with E-state index in [1.807, 2.05) is 0 Å². The molecule has 0 amide bonds. The van der Waals surface area contributed by atoms with Crippen LogP contribution in [-0.4, -0.2) is 30.7 Å². The van der Waals surface area contributed by atoms with E-state index in [1.165, 1.54) is 37.1 Å². The number of hydrogen-bond donors (Lipinski definition) is 0. The number of rotatable bonds is 5. The van der Waals surface area contributed by atoms with Crippen LogP contribution in [0.4, 0.5) is 0 Å². The van der Waals surface area contributed by atoms with Gasteiger partial charge in [-0.25, -0.2) is 0 Å². The molecule has 0 aromatic rings. The van der Waals surface area contributed by atoms with Crippen molar-refractivity contribution in [2.45, 2.75) is 34.1 Å². The molecule has 0 aromatic heterocycles. The molecule has 13 heavy (non-hydrogen) atoms. The Balaban J connectivity index is -0.000000309. The lowest BCUT2D eigenvalue weighted by atomic mass is 10.3. The molecular weight excluding hydrogens is 226 g/mol. The van der Waals surface area contributed by atoms with E-state index in [-0.39, 0.29) is 17.0 Å². The van der Waals surface area contributed by atoms with E-state index >= 15 is 0 Å². The van der Waals surface area contributed by atoms with Gasteiger partial charge in [-0.1, -0.05) is 6.92 Å². The van der Waals surface area contributed by atoms with Crippen molar-refractivity contribution < 1.29 is 21.5 Å². The second kappa shape index (κ2) is 12.2. The Morgan fingerprint density at radius 3 is 1.23 bits per heavy atom. The van der Waals surface area contributed by atoms with Crippen molar-refractivity contribution in [1.29, 1.82) is 0 Å². The molecule has 0 unspecified atom stereocenters. The van der Waals surface area contributed by atoms with Crippen LogP contribution in [0.3, 0.4) is 0 Å². The third-order valence-electron chi connectivity index (χ3n) is 2.71. The van der Waals surface area contributed by atoms with Crippen LogP contribution in [0.1, 0.15) is 34.1 Å². The zero-order valence-corrected chi connectivity index (χ0v) is 11.4. The van der Waals surface area contributed by atoms with Crippen molar-refractivity contribution in [2.24, 2.45) is 0 Å². The number of halogens is 1. The van der Waals surface area contributed by atoms with Crippen molar-refractivity contribution in [3.8, 4) is 0 Å². The molecule has 0 aliphatic heterocycles. The summed E-state index contributed by atoms with van der Waals surface area (Å²) in [7, 11) is 0. The third kappa shape index (κ3) is 7.27. The monoisotopic (exact) mass is 251 g/mol. The Kier molecular flexibility index (Phi) is 17.7. The highest BCUT2D eigenvalue weighted by molar-refractivity contribution is 4.35. The largest absolute Gasteiger partial charge is 1.00 e. The Morgan fingerprint density at radius 2 is 1.15 bits per heavy atom. The molecule has 82 valence electrons. The SMILES string of the molecule is C=C.CCC[N+](CC)(CC)CC.[Br-]. The van der Waals surface area contributed by atoms with E-state index in [2.05, 4.69) is 40.9 Å². The van der Waals surface area contributed by atoms with E-state index in [9.17, 15) is 0 Å². The fourth-order valence-electron chi connectivity index (χ4n) is 1.62. The first-order chi connectivity index (χ1) is 5.74. The highest BCUT2D eigenvalue weighted by atomic mass is 79.9. The summed E-state index contributed by atoms with van der Waals surface area (Å²) < 4.78 is 1.30. The van der Waals surface area contributed by atoms with E-state index in [0.717, 1.165) is 0 Å². The van der Waals surface area contributed by atoms with Crippen molar-refractivity contribution in [2.75, 3.05) is 26.2 Å².